The number of fused-ring (bicyclic) bond motifs is 1. The fourth-order valence-corrected chi connectivity index (χ4v) is 1.79. The summed E-state index contributed by atoms with van der Waals surface area (Å²) >= 11 is 0. The Hall–Kier alpha value is -1.32. The summed E-state index contributed by atoms with van der Waals surface area (Å²) in [5, 5.41) is 10.3. The molecule has 1 N–H and O–H groups in total. The fraction of sp³-hybridized carbons (Fsp3) is 0.385. The molecule has 0 bridgehead atoms. The zero-order valence-electron chi connectivity index (χ0n) is 9.90. The van der Waals surface area contributed by atoms with Gasteiger partial charge in [-0.15, -0.1) is 0 Å². The molecule has 16 heavy (non-hydrogen) atoms. The number of benzene rings is 1. The molecule has 1 aromatic rings. The Morgan fingerprint density at radius 3 is 2.81 bits per heavy atom. The molecular formula is C13H17NO2. The van der Waals surface area contributed by atoms with Crippen molar-refractivity contribution in [1.29, 1.82) is 0 Å². The minimum absolute atomic E-state index is 0.234. The topological polar surface area (TPSA) is 32.7 Å². The van der Waals surface area contributed by atoms with E-state index in [1.165, 1.54) is 5.06 Å². The first-order chi connectivity index (χ1) is 7.46. The van der Waals surface area contributed by atoms with E-state index in [2.05, 4.69) is 6.08 Å². The maximum absolute atomic E-state index is 9.18. The predicted octanol–water partition coefficient (Wildman–Crippen LogP) is 2.69. The van der Waals surface area contributed by atoms with Gasteiger partial charge in [0.25, 0.3) is 0 Å². The molecule has 0 aromatic heterocycles. The molecule has 1 aromatic carbocycles. The summed E-state index contributed by atoms with van der Waals surface area (Å²) < 4.78 is 5.82. The molecule has 0 spiro atoms. The van der Waals surface area contributed by atoms with Gasteiger partial charge in [0.1, 0.15) is 11.4 Å². The Balaban J connectivity index is 2.28. The highest BCUT2D eigenvalue weighted by atomic mass is 16.5. The molecule has 1 aliphatic rings. The number of hydroxylamine groups is 2. The summed E-state index contributed by atoms with van der Waals surface area (Å²) in [5.41, 5.74) is 1.90. The van der Waals surface area contributed by atoms with Crippen molar-refractivity contribution < 1.29 is 9.94 Å². The monoisotopic (exact) mass is 219 g/mol. The van der Waals surface area contributed by atoms with Crippen LogP contribution in [0.4, 0.5) is 0 Å². The highest BCUT2D eigenvalue weighted by Crippen LogP contribution is 2.31. The lowest BCUT2D eigenvalue weighted by Gasteiger charge is -2.28. The molecule has 1 heterocycles. The van der Waals surface area contributed by atoms with Crippen molar-refractivity contribution in [3.63, 3.8) is 0 Å². The lowest BCUT2D eigenvalue weighted by atomic mass is 10.0. The van der Waals surface area contributed by atoms with Gasteiger partial charge in [0.2, 0.25) is 0 Å². The molecule has 0 radical (unpaired) electrons. The number of hydrogen-bond acceptors (Lipinski definition) is 3. The molecule has 1 aliphatic heterocycles. The molecule has 0 saturated heterocycles. The Bertz CT molecular complexity index is 422. The van der Waals surface area contributed by atoms with Gasteiger partial charge in [-0.3, -0.25) is 0 Å². The zero-order chi connectivity index (χ0) is 11.8. The summed E-state index contributed by atoms with van der Waals surface area (Å²) in [6.45, 7) is 4.58. The van der Waals surface area contributed by atoms with E-state index in [0.29, 0.717) is 6.54 Å². The van der Waals surface area contributed by atoms with Gasteiger partial charge < -0.3 is 9.94 Å². The fourth-order valence-electron chi connectivity index (χ4n) is 1.79. The van der Waals surface area contributed by atoms with Gasteiger partial charge in [-0.1, -0.05) is 12.1 Å². The number of ether oxygens (including phenoxy) is 1. The van der Waals surface area contributed by atoms with Crippen LogP contribution in [0.15, 0.2) is 24.3 Å². The smallest absolute Gasteiger partial charge is 0.127 e. The van der Waals surface area contributed by atoms with Gasteiger partial charge in [-0.2, -0.15) is 5.06 Å². The van der Waals surface area contributed by atoms with Crippen LogP contribution in [0.2, 0.25) is 0 Å². The molecule has 3 heteroatoms. The van der Waals surface area contributed by atoms with E-state index < -0.39 is 0 Å². The number of rotatable bonds is 2. The number of hydrogen-bond donors (Lipinski definition) is 1. The highest BCUT2D eigenvalue weighted by Gasteiger charge is 2.21. The zero-order valence-corrected chi connectivity index (χ0v) is 9.90. The van der Waals surface area contributed by atoms with Crippen molar-refractivity contribution in [2.24, 2.45) is 0 Å². The van der Waals surface area contributed by atoms with Crippen LogP contribution in [0, 0.1) is 0 Å². The molecule has 0 fully saturated rings. The van der Waals surface area contributed by atoms with Crippen LogP contribution >= 0.6 is 0 Å². The quantitative estimate of drug-likeness (QED) is 0.776. The third-order valence-corrected chi connectivity index (χ3v) is 2.52. The van der Waals surface area contributed by atoms with E-state index >= 15 is 0 Å². The Kier molecular flexibility index (Phi) is 2.74. The van der Waals surface area contributed by atoms with Gasteiger partial charge in [0, 0.05) is 19.2 Å². The van der Waals surface area contributed by atoms with Crippen molar-refractivity contribution in [2.75, 3.05) is 7.05 Å². The van der Waals surface area contributed by atoms with Crippen LogP contribution in [0.1, 0.15) is 25.0 Å². The molecular weight excluding hydrogens is 202 g/mol. The second-order valence-corrected chi connectivity index (χ2v) is 4.73. The summed E-state index contributed by atoms with van der Waals surface area (Å²) in [4.78, 5) is 0. The normalized spacial score (nSPS) is 17.1. The van der Waals surface area contributed by atoms with Crippen LogP contribution in [0.3, 0.4) is 0 Å². The first-order valence-electron chi connectivity index (χ1n) is 5.37. The summed E-state index contributed by atoms with van der Waals surface area (Å²) in [5.74, 6) is 0.900. The summed E-state index contributed by atoms with van der Waals surface area (Å²) in [7, 11) is 1.63. The molecule has 0 saturated carbocycles. The maximum Gasteiger partial charge on any atom is 0.127 e. The van der Waals surface area contributed by atoms with Gasteiger partial charge in [-0.05, 0) is 37.6 Å². The van der Waals surface area contributed by atoms with Gasteiger partial charge in [0.05, 0.1) is 0 Å². The summed E-state index contributed by atoms with van der Waals surface area (Å²) in [6, 6.07) is 5.97. The van der Waals surface area contributed by atoms with Crippen LogP contribution < -0.4 is 4.74 Å². The molecule has 0 amide bonds. The average Bonchev–Trinajstić information content (AvgIpc) is 2.16. The molecule has 3 nitrogen and oxygen atoms in total. The molecule has 0 aliphatic carbocycles. The van der Waals surface area contributed by atoms with Gasteiger partial charge in [-0.25, -0.2) is 0 Å². The van der Waals surface area contributed by atoms with Crippen molar-refractivity contribution in [3.8, 4) is 5.75 Å². The van der Waals surface area contributed by atoms with Crippen molar-refractivity contribution in [1.82, 2.24) is 5.06 Å². The lowest BCUT2D eigenvalue weighted by Crippen LogP contribution is -2.27. The van der Waals surface area contributed by atoms with Crippen molar-refractivity contribution >= 4 is 6.08 Å². The second kappa shape index (κ2) is 3.92. The summed E-state index contributed by atoms with van der Waals surface area (Å²) in [6.07, 6.45) is 4.11. The van der Waals surface area contributed by atoms with E-state index in [9.17, 15) is 5.21 Å². The van der Waals surface area contributed by atoms with Crippen LogP contribution in [-0.2, 0) is 6.54 Å². The van der Waals surface area contributed by atoms with Crippen LogP contribution in [0.5, 0.6) is 5.75 Å². The Morgan fingerprint density at radius 1 is 1.38 bits per heavy atom. The number of nitrogens with zero attached hydrogens (tertiary/aromatic N) is 1. The minimum atomic E-state index is -0.234. The maximum atomic E-state index is 9.18. The highest BCUT2D eigenvalue weighted by molar-refractivity contribution is 5.61. The second-order valence-electron chi connectivity index (χ2n) is 4.73. The first-order valence-corrected chi connectivity index (χ1v) is 5.37. The van der Waals surface area contributed by atoms with Crippen LogP contribution in [-0.4, -0.2) is 22.9 Å². The van der Waals surface area contributed by atoms with E-state index in [-0.39, 0.29) is 5.60 Å². The standard InChI is InChI=1S/C13H17NO2/c1-13(2)7-6-11-8-10(9-14(3)15)4-5-12(11)16-13/h4-8,15H,9H2,1-3H3. The van der Waals surface area contributed by atoms with Crippen LogP contribution in [0.25, 0.3) is 6.08 Å². The van der Waals surface area contributed by atoms with E-state index in [0.717, 1.165) is 16.9 Å². The third kappa shape index (κ3) is 2.43. The van der Waals surface area contributed by atoms with E-state index in [1.54, 1.807) is 7.05 Å². The van der Waals surface area contributed by atoms with E-state index in [4.69, 9.17) is 4.74 Å². The SMILES string of the molecule is CN(O)Cc1ccc2c(c1)C=CC(C)(C)O2. The van der Waals surface area contributed by atoms with Crippen molar-refractivity contribution in [3.05, 3.63) is 35.4 Å². The minimum Gasteiger partial charge on any atom is -0.483 e. The van der Waals surface area contributed by atoms with Gasteiger partial charge >= 0.3 is 0 Å². The predicted molar refractivity (Wildman–Crippen MR) is 63.4 cm³/mol. The average molecular weight is 219 g/mol. The Labute approximate surface area is 95.9 Å². The first kappa shape index (κ1) is 11.2. The van der Waals surface area contributed by atoms with Crippen molar-refractivity contribution in [2.45, 2.75) is 26.0 Å². The van der Waals surface area contributed by atoms with E-state index in [1.807, 2.05) is 38.1 Å². The Morgan fingerprint density at radius 2 is 2.12 bits per heavy atom. The largest absolute Gasteiger partial charge is 0.483 e. The molecule has 0 atom stereocenters. The lowest BCUT2D eigenvalue weighted by molar-refractivity contribution is -0.0731. The van der Waals surface area contributed by atoms with Gasteiger partial charge in [0.15, 0.2) is 0 Å². The third-order valence-electron chi connectivity index (χ3n) is 2.52. The molecule has 2 rings (SSSR count). The molecule has 86 valence electrons. The molecule has 0 unspecified atom stereocenters.